The zero-order valence-corrected chi connectivity index (χ0v) is 9.58. The van der Waals surface area contributed by atoms with Gasteiger partial charge in [0.2, 0.25) is 0 Å². The number of ether oxygens (including phenoxy) is 1. The minimum absolute atomic E-state index is 0.0530. The van der Waals surface area contributed by atoms with Gasteiger partial charge in [0.05, 0.1) is 6.42 Å². The fraction of sp³-hybridized carbons (Fsp3) is 0.417. The second-order valence-corrected chi connectivity index (χ2v) is 4.58. The Balaban J connectivity index is 2.70. The van der Waals surface area contributed by atoms with Crippen molar-refractivity contribution < 1.29 is 19.0 Å². The molecule has 1 N–H and O–H groups in total. The zero-order chi connectivity index (χ0) is 12.3. The molecular weight excluding hydrogens is 211 g/mol. The minimum atomic E-state index is -0.571. The highest BCUT2D eigenvalue weighted by molar-refractivity contribution is 5.73. The Morgan fingerprint density at radius 1 is 1.38 bits per heavy atom. The molecule has 0 saturated heterocycles. The lowest BCUT2D eigenvalue weighted by atomic mass is 10.1. The number of phenols is 1. The topological polar surface area (TPSA) is 46.5 Å². The number of carbonyl (C=O) groups excluding carboxylic acids is 1. The highest BCUT2D eigenvalue weighted by atomic mass is 19.1. The third-order valence-corrected chi connectivity index (χ3v) is 1.71. The Labute approximate surface area is 93.9 Å². The Morgan fingerprint density at radius 3 is 2.50 bits per heavy atom. The van der Waals surface area contributed by atoms with Gasteiger partial charge in [-0.3, -0.25) is 4.79 Å². The van der Waals surface area contributed by atoms with E-state index in [0.717, 1.165) is 6.07 Å². The second kappa shape index (κ2) is 4.51. The smallest absolute Gasteiger partial charge is 0.310 e. The van der Waals surface area contributed by atoms with Gasteiger partial charge in [-0.05, 0) is 38.5 Å². The third kappa shape index (κ3) is 4.29. The van der Waals surface area contributed by atoms with E-state index < -0.39 is 17.4 Å². The van der Waals surface area contributed by atoms with Crippen LogP contribution in [0.3, 0.4) is 0 Å². The fourth-order valence-corrected chi connectivity index (χ4v) is 1.28. The molecule has 0 fully saturated rings. The number of phenolic OH excluding ortho intramolecular Hbond substituents is 1. The predicted molar refractivity (Wildman–Crippen MR) is 57.6 cm³/mol. The summed E-state index contributed by atoms with van der Waals surface area (Å²) < 4.78 is 18.0. The van der Waals surface area contributed by atoms with Gasteiger partial charge in [-0.1, -0.05) is 0 Å². The molecule has 0 aliphatic carbocycles. The molecule has 1 aromatic carbocycles. The summed E-state index contributed by atoms with van der Waals surface area (Å²) in [7, 11) is 0. The van der Waals surface area contributed by atoms with Crippen molar-refractivity contribution in [1.82, 2.24) is 0 Å². The number of rotatable bonds is 2. The molecule has 88 valence electrons. The van der Waals surface area contributed by atoms with Crippen molar-refractivity contribution >= 4 is 5.97 Å². The molecule has 0 unspecified atom stereocenters. The number of hydrogen-bond donors (Lipinski definition) is 1. The van der Waals surface area contributed by atoms with Gasteiger partial charge in [0, 0.05) is 6.07 Å². The number of carbonyl (C=O) groups is 1. The van der Waals surface area contributed by atoms with Crippen molar-refractivity contribution in [2.24, 2.45) is 0 Å². The van der Waals surface area contributed by atoms with E-state index in [-0.39, 0.29) is 12.2 Å². The fourth-order valence-electron chi connectivity index (χ4n) is 1.28. The summed E-state index contributed by atoms with van der Waals surface area (Å²) in [4.78, 5) is 11.4. The molecule has 0 aliphatic heterocycles. The lowest BCUT2D eigenvalue weighted by Gasteiger charge is -2.19. The summed E-state index contributed by atoms with van der Waals surface area (Å²) in [6, 6.07) is 3.52. The summed E-state index contributed by atoms with van der Waals surface area (Å²) in [5.74, 6) is -1.21. The van der Waals surface area contributed by atoms with Gasteiger partial charge in [0.1, 0.15) is 17.2 Å². The van der Waals surface area contributed by atoms with E-state index in [9.17, 15) is 9.18 Å². The summed E-state index contributed by atoms with van der Waals surface area (Å²) in [5.41, 5.74) is -0.168. The van der Waals surface area contributed by atoms with Gasteiger partial charge in [0.15, 0.2) is 0 Å². The zero-order valence-electron chi connectivity index (χ0n) is 9.58. The SMILES string of the molecule is CC(C)(C)OC(=O)Cc1cc(O)cc(F)c1. The summed E-state index contributed by atoms with van der Waals surface area (Å²) >= 11 is 0. The first-order chi connectivity index (χ1) is 7.26. The minimum Gasteiger partial charge on any atom is -0.508 e. The van der Waals surface area contributed by atoms with Crippen LogP contribution in [-0.2, 0) is 16.0 Å². The molecule has 0 amide bonds. The molecule has 0 heterocycles. The van der Waals surface area contributed by atoms with Crippen molar-refractivity contribution in [2.75, 3.05) is 0 Å². The van der Waals surface area contributed by atoms with Gasteiger partial charge in [-0.15, -0.1) is 0 Å². The highest BCUT2D eigenvalue weighted by Crippen LogP contribution is 2.16. The Kier molecular flexibility index (Phi) is 3.52. The molecule has 0 atom stereocenters. The van der Waals surface area contributed by atoms with E-state index in [4.69, 9.17) is 9.84 Å². The first-order valence-corrected chi connectivity index (χ1v) is 4.96. The van der Waals surface area contributed by atoms with Crippen molar-refractivity contribution in [2.45, 2.75) is 32.8 Å². The van der Waals surface area contributed by atoms with Gasteiger partial charge in [-0.25, -0.2) is 4.39 Å². The largest absolute Gasteiger partial charge is 0.508 e. The van der Waals surface area contributed by atoms with Crippen LogP contribution in [0.2, 0.25) is 0 Å². The lowest BCUT2D eigenvalue weighted by Crippen LogP contribution is -2.24. The van der Waals surface area contributed by atoms with Crippen LogP contribution in [0.5, 0.6) is 5.75 Å². The van der Waals surface area contributed by atoms with E-state index in [0.29, 0.717) is 5.56 Å². The van der Waals surface area contributed by atoms with Gasteiger partial charge >= 0.3 is 5.97 Å². The standard InChI is InChI=1S/C12H15FO3/c1-12(2,3)16-11(15)6-8-4-9(13)7-10(14)5-8/h4-5,7,14H,6H2,1-3H3. The Morgan fingerprint density at radius 2 is 2.00 bits per heavy atom. The quantitative estimate of drug-likeness (QED) is 0.788. The number of halogens is 1. The van der Waals surface area contributed by atoms with Crippen LogP contribution < -0.4 is 0 Å². The molecule has 0 bridgehead atoms. The third-order valence-electron chi connectivity index (χ3n) is 1.71. The van der Waals surface area contributed by atoms with Crippen LogP contribution in [0, 0.1) is 5.82 Å². The number of aromatic hydroxyl groups is 1. The van der Waals surface area contributed by atoms with Crippen LogP contribution >= 0.6 is 0 Å². The van der Waals surface area contributed by atoms with E-state index in [1.165, 1.54) is 12.1 Å². The monoisotopic (exact) mass is 226 g/mol. The van der Waals surface area contributed by atoms with Crippen LogP contribution in [0.25, 0.3) is 0 Å². The average molecular weight is 226 g/mol. The van der Waals surface area contributed by atoms with E-state index in [1.54, 1.807) is 20.8 Å². The summed E-state index contributed by atoms with van der Waals surface area (Å²) in [5, 5.41) is 9.15. The summed E-state index contributed by atoms with van der Waals surface area (Å²) in [6.07, 6.45) is -0.0530. The van der Waals surface area contributed by atoms with Crippen molar-refractivity contribution in [1.29, 1.82) is 0 Å². The molecule has 0 spiro atoms. The molecule has 3 nitrogen and oxygen atoms in total. The molecule has 0 saturated carbocycles. The average Bonchev–Trinajstić information content (AvgIpc) is 1.96. The number of hydrogen-bond acceptors (Lipinski definition) is 3. The second-order valence-electron chi connectivity index (χ2n) is 4.58. The molecule has 0 aliphatic rings. The maximum absolute atomic E-state index is 12.9. The van der Waals surface area contributed by atoms with Crippen LogP contribution in [-0.4, -0.2) is 16.7 Å². The van der Waals surface area contributed by atoms with Crippen LogP contribution in [0.4, 0.5) is 4.39 Å². The molecule has 1 aromatic rings. The maximum Gasteiger partial charge on any atom is 0.310 e. The number of benzene rings is 1. The van der Waals surface area contributed by atoms with Crippen molar-refractivity contribution in [3.05, 3.63) is 29.6 Å². The Hall–Kier alpha value is -1.58. The van der Waals surface area contributed by atoms with E-state index >= 15 is 0 Å². The summed E-state index contributed by atoms with van der Waals surface area (Å²) in [6.45, 7) is 5.27. The van der Waals surface area contributed by atoms with E-state index in [2.05, 4.69) is 0 Å². The van der Waals surface area contributed by atoms with Gasteiger partial charge in [-0.2, -0.15) is 0 Å². The van der Waals surface area contributed by atoms with Crippen LogP contribution in [0.15, 0.2) is 18.2 Å². The van der Waals surface area contributed by atoms with Crippen molar-refractivity contribution in [3.63, 3.8) is 0 Å². The lowest BCUT2D eigenvalue weighted by molar-refractivity contribution is -0.153. The number of esters is 1. The molecule has 0 aromatic heterocycles. The molecule has 4 heteroatoms. The predicted octanol–water partition coefficient (Wildman–Crippen LogP) is 2.42. The van der Waals surface area contributed by atoms with E-state index in [1.807, 2.05) is 0 Å². The van der Waals surface area contributed by atoms with Gasteiger partial charge < -0.3 is 9.84 Å². The molecule has 1 rings (SSSR count). The first kappa shape index (κ1) is 12.5. The molecular formula is C12H15FO3. The normalized spacial score (nSPS) is 11.2. The highest BCUT2D eigenvalue weighted by Gasteiger charge is 2.16. The van der Waals surface area contributed by atoms with Gasteiger partial charge in [0.25, 0.3) is 0 Å². The first-order valence-electron chi connectivity index (χ1n) is 4.96. The Bertz CT molecular complexity index is 373. The molecule has 0 radical (unpaired) electrons. The van der Waals surface area contributed by atoms with Crippen molar-refractivity contribution in [3.8, 4) is 5.75 Å². The maximum atomic E-state index is 12.9. The van der Waals surface area contributed by atoms with Crippen LogP contribution in [0.1, 0.15) is 26.3 Å². The molecule has 16 heavy (non-hydrogen) atoms.